The fourth-order valence-corrected chi connectivity index (χ4v) is 4.98. The lowest BCUT2D eigenvalue weighted by Gasteiger charge is -2.39. The van der Waals surface area contributed by atoms with Gasteiger partial charge in [0.2, 0.25) is 0 Å². The third-order valence-corrected chi connectivity index (χ3v) is 5.82. The molecule has 3 heterocycles. The number of nitrogens with zero attached hydrogens (tertiary/aromatic N) is 5. The molecule has 1 atom stereocenters. The van der Waals surface area contributed by atoms with E-state index in [0.29, 0.717) is 30.1 Å². The molecule has 1 aromatic carbocycles. The Labute approximate surface area is 192 Å². The molecule has 1 aliphatic rings. The number of anilines is 1. The molecule has 0 unspecified atom stereocenters. The minimum absolute atomic E-state index is 0.0479. The monoisotopic (exact) mass is 455 g/mol. The summed E-state index contributed by atoms with van der Waals surface area (Å²) in [6, 6.07) is 6.43. The summed E-state index contributed by atoms with van der Waals surface area (Å²) in [7, 11) is 0. The van der Waals surface area contributed by atoms with E-state index in [2.05, 4.69) is 57.0 Å². The molecule has 176 valence electrons. The van der Waals surface area contributed by atoms with Gasteiger partial charge in [-0.25, -0.2) is 13.9 Å². The minimum atomic E-state index is -0.521. The lowest BCUT2D eigenvalue weighted by molar-refractivity contribution is 0.129. The van der Waals surface area contributed by atoms with Gasteiger partial charge in [0.05, 0.1) is 36.2 Å². The van der Waals surface area contributed by atoms with Crippen LogP contribution in [0.3, 0.4) is 0 Å². The number of carbonyl (C=O) groups is 1. The number of ether oxygens (including phenoxy) is 1. The van der Waals surface area contributed by atoms with Crippen LogP contribution in [0.2, 0.25) is 0 Å². The summed E-state index contributed by atoms with van der Waals surface area (Å²) in [6.07, 6.45) is 2.33. The number of hydrogen-bond acceptors (Lipinski definition) is 6. The minimum Gasteiger partial charge on any atom is -0.442 e. The van der Waals surface area contributed by atoms with E-state index in [0.717, 1.165) is 5.69 Å². The molecule has 1 saturated heterocycles. The van der Waals surface area contributed by atoms with Crippen LogP contribution in [0.15, 0.2) is 41.2 Å². The van der Waals surface area contributed by atoms with Gasteiger partial charge >= 0.3 is 6.09 Å². The van der Waals surface area contributed by atoms with E-state index in [1.165, 1.54) is 11.0 Å². The van der Waals surface area contributed by atoms with Gasteiger partial charge in [-0.3, -0.25) is 4.90 Å². The van der Waals surface area contributed by atoms with E-state index in [4.69, 9.17) is 9.26 Å². The molecule has 0 bridgehead atoms. The summed E-state index contributed by atoms with van der Waals surface area (Å²) in [5.41, 5.74) is 1.42. The topological polar surface area (TPSA) is 86.3 Å². The van der Waals surface area contributed by atoms with E-state index in [-0.39, 0.29) is 16.7 Å². The van der Waals surface area contributed by atoms with E-state index in [9.17, 15) is 4.79 Å². The van der Waals surface area contributed by atoms with Crippen molar-refractivity contribution in [2.24, 2.45) is 10.8 Å². The molecular formula is C24H30FN5O3. The first-order valence-corrected chi connectivity index (χ1v) is 11.0. The summed E-state index contributed by atoms with van der Waals surface area (Å²) in [4.78, 5) is 13.8. The predicted molar refractivity (Wildman–Crippen MR) is 121 cm³/mol. The van der Waals surface area contributed by atoms with Gasteiger partial charge in [-0.2, -0.15) is 0 Å². The van der Waals surface area contributed by atoms with Crippen LogP contribution in [0.4, 0.5) is 14.9 Å². The van der Waals surface area contributed by atoms with Crippen molar-refractivity contribution in [3.8, 4) is 11.3 Å². The molecule has 0 radical (unpaired) electrons. The van der Waals surface area contributed by atoms with Gasteiger partial charge in [0.25, 0.3) is 0 Å². The van der Waals surface area contributed by atoms with Crippen LogP contribution in [-0.4, -0.2) is 38.9 Å². The molecule has 1 aliphatic heterocycles. The van der Waals surface area contributed by atoms with Crippen molar-refractivity contribution in [1.82, 2.24) is 20.2 Å². The Hall–Kier alpha value is -3.23. The number of carbonyl (C=O) groups excluding carboxylic acids is 1. The van der Waals surface area contributed by atoms with Crippen LogP contribution in [0.25, 0.3) is 11.3 Å². The van der Waals surface area contributed by atoms with Crippen molar-refractivity contribution in [1.29, 1.82) is 0 Å². The van der Waals surface area contributed by atoms with Crippen LogP contribution in [0.1, 0.15) is 53.2 Å². The number of rotatable bonds is 5. The predicted octanol–water partition coefficient (Wildman–Crippen LogP) is 5.27. The summed E-state index contributed by atoms with van der Waals surface area (Å²) in [6.45, 7) is 13.7. The van der Waals surface area contributed by atoms with Gasteiger partial charge in [-0.1, -0.05) is 51.9 Å². The van der Waals surface area contributed by atoms with Gasteiger partial charge in [-0.05, 0) is 29.0 Å². The molecule has 2 aromatic heterocycles. The second kappa shape index (κ2) is 8.28. The van der Waals surface area contributed by atoms with Crippen molar-refractivity contribution >= 4 is 11.8 Å². The van der Waals surface area contributed by atoms with Crippen molar-refractivity contribution in [3.05, 3.63) is 48.2 Å². The fraction of sp³-hybridized carbons (Fsp3) is 0.500. The standard InChI is InChI=1S/C24H30FN5O3/c1-23(2,3)21(24(4,5)6)19-12-20(33-27-19)17-8-7-15(11-18(17)25)30-14-16(32-22(30)31)13-29-10-9-26-28-29/h7-12,16,21H,13-14H2,1-6H3/t16-/m0/s1. The first kappa shape index (κ1) is 22.9. The molecule has 0 spiro atoms. The Morgan fingerprint density at radius 2 is 1.88 bits per heavy atom. The van der Waals surface area contributed by atoms with E-state index in [1.54, 1.807) is 29.2 Å². The third-order valence-electron chi connectivity index (χ3n) is 5.82. The van der Waals surface area contributed by atoms with Gasteiger partial charge in [0.1, 0.15) is 11.9 Å². The summed E-state index contributed by atoms with van der Waals surface area (Å²) in [5, 5.41) is 11.9. The van der Waals surface area contributed by atoms with Crippen molar-refractivity contribution in [3.63, 3.8) is 0 Å². The zero-order chi connectivity index (χ0) is 24.0. The third kappa shape index (κ3) is 4.77. The molecule has 0 saturated carbocycles. The number of cyclic esters (lactones) is 1. The largest absolute Gasteiger partial charge is 0.442 e. The molecular weight excluding hydrogens is 425 g/mol. The van der Waals surface area contributed by atoms with Gasteiger partial charge in [0, 0.05) is 18.2 Å². The Kier molecular flexibility index (Phi) is 5.76. The molecule has 1 fully saturated rings. The fourth-order valence-electron chi connectivity index (χ4n) is 4.98. The van der Waals surface area contributed by atoms with E-state index in [1.807, 2.05) is 6.07 Å². The molecule has 0 aliphatic carbocycles. The number of hydrogen-bond donors (Lipinski definition) is 0. The van der Waals surface area contributed by atoms with Gasteiger partial charge < -0.3 is 9.26 Å². The lowest BCUT2D eigenvalue weighted by Crippen LogP contribution is -2.30. The SMILES string of the molecule is CC(C)(C)C(c1cc(-c2ccc(N3C[C@H](Cn4ccnn4)OC3=O)cc2F)on1)C(C)(C)C. The Balaban J connectivity index is 1.55. The van der Waals surface area contributed by atoms with Gasteiger partial charge in [0.15, 0.2) is 5.76 Å². The normalized spacial score (nSPS) is 17.2. The highest BCUT2D eigenvalue weighted by Crippen LogP contribution is 2.47. The smallest absolute Gasteiger partial charge is 0.414 e. The maximum absolute atomic E-state index is 15.1. The number of benzene rings is 1. The number of amides is 1. The highest BCUT2D eigenvalue weighted by molar-refractivity contribution is 5.90. The van der Waals surface area contributed by atoms with Crippen LogP contribution >= 0.6 is 0 Å². The second-order valence-electron chi connectivity index (χ2n) is 10.7. The Morgan fingerprint density at radius 1 is 1.15 bits per heavy atom. The first-order chi connectivity index (χ1) is 15.4. The number of halogens is 1. The summed E-state index contributed by atoms with van der Waals surface area (Å²) >= 11 is 0. The van der Waals surface area contributed by atoms with Crippen molar-refractivity contribution in [2.75, 3.05) is 11.4 Å². The molecule has 33 heavy (non-hydrogen) atoms. The Bertz CT molecular complexity index is 1110. The zero-order valence-electron chi connectivity index (χ0n) is 19.9. The molecule has 1 amide bonds. The second-order valence-corrected chi connectivity index (χ2v) is 10.7. The van der Waals surface area contributed by atoms with E-state index < -0.39 is 18.0 Å². The number of aromatic nitrogens is 4. The molecule has 8 nitrogen and oxygen atoms in total. The van der Waals surface area contributed by atoms with Crippen molar-refractivity contribution in [2.45, 2.75) is 60.1 Å². The maximum Gasteiger partial charge on any atom is 0.414 e. The van der Waals surface area contributed by atoms with Crippen LogP contribution < -0.4 is 4.90 Å². The molecule has 4 rings (SSSR count). The highest BCUT2D eigenvalue weighted by atomic mass is 19.1. The Morgan fingerprint density at radius 3 is 2.48 bits per heavy atom. The molecule has 9 heteroatoms. The van der Waals surface area contributed by atoms with E-state index >= 15 is 4.39 Å². The molecule has 0 N–H and O–H groups in total. The quantitative estimate of drug-likeness (QED) is 0.521. The molecule has 3 aromatic rings. The summed E-state index contributed by atoms with van der Waals surface area (Å²) in [5.74, 6) is -0.0162. The van der Waals surface area contributed by atoms with Crippen LogP contribution in [0.5, 0.6) is 0 Å². The first-order valence-electron chi connectivity index (χ1n) is 11.0. The summed E-state index contributed by atoms with van der Waals surface area (Å²) < 4.78 is 27.7. The lowest BCUT2D eigenvalue weighted by atomic mass is 9.65. The maximum atomic E-state index is 15.1. The average Bonchev–Trinajstić information content (AvgIpc) is 3.42. The highest BCUT2D eigenvalue weighted by Gasteiger charge is 2.38. The van der Waals surface area contributed by atoms with Crippen molar-refractivity contribution < 1.29 is 18.4 Å². The van der Waals surface area contributed by atoms with Gasteiger partial charge in [-0.15, -0.1) is 5.10 Å². The average molecular weight is 456 g/mol. The van der Waals surface area contributed by atoms with Crippen LogP contribution in [-0.2, 0) is 11.3 Å². The zero-order valence-corrected chi connectivity index (χ0v) is 19.9. The van der Waals surface area contributed by atoms with Crippen LogP contribution in [0, 0.1) is 16.6 Å².